The van der Waals surface area contributed by atoms with Gasteiger partial charge >= 0.3 is 0 Å². The number of rotatable bonds is 3. The molecule has 0 amide bonds. The van der Waals surface area contributed by atoms with Crippen LogP contribution < -0.4 is 26.2 Å². The van der Waals surface area contributed by atoms with Gasteiger partial charge in [-0.1, -0.05) is 121 Å². The molecule has 0 bridgehead atoms. The molecule has 53 heavy (non-hydrogen) atoms. The van der Waals surface area contributed by atoms with E-state index in [2.05, 4.69) is 196 Å². The quantitative estimate of drug-likeness (QED) is 0.171. The van der Waals surface area contributed by atoms with Gasteiger partial charge in [0, 0.05) is 54.5 Å². The molecule has 12 rings (SSSR count). The molecule has 8 aromatic carbocycles. The van der Waals surface area contributed by atoms with E-state index in [9.17, 15) is 0 Å². The third-order valence-electron chi connectivity index (χ3n) is 11.3. The fourth-order valence-electron chi connectivity index (χ4n) is 9.21. The molecule has 9 aromatic rings. The summed E-state index contributed by atoms with van der Waals surface area (Å²) < 4.78 is 2.51. The predicted molar refractivity (Wildman–Crippen MR) is 224 cm³/mol. The molecule has 0 atom stereocenters. The highest BCUT2D eigenvalue weighted by molar-refractivity contribution is 7.99. The summed E-state index contributed by atoms with van der Waals surface area (Å²) >= 11 is 1.84. The summed E-state index contributed by atoms with van der Waals surface area (Å²) in [4.78, 5) is 7.43. The van der Waals surface area contributed by atoms with Gasteiger partial charge in [0.1, 0.15) is 0 Å². The van der Waals surface area contributed by atoms with Crippen molar-refractivity contribution in [1.82, 2.24) is 4.57 Å². The maximum absolute atomic E-state index is 2.51. The van der Waals surface area contributed by atoms with Crippen LogP contribution in [0.5, 0.6) is 0 Å². The van der Waals surface area contributed by atoms with Crippen LogP contribution in [0, 0.1) is 0 Å². The van der Waals surface area contributed by atoms with Gasteiger partial charge in [-0.2, -0.15) is 0 Å². The number of fused-ring (bicyclic) bond motifs is 9. The molecule has 0 unspecified atom stereocenters. The molecule has 5 heteroatoms. The van der Waals surface area contributed by atoms with E-state index < -0.39 is 0 Å². The average Bonchev–Trinajstić information content (AvgIpc) is 3.56. The first-order chi connectivity index (χ1) is 26.3. The van der Waals surface area contributed by atoms with E-state index in [0.717, 1.165) is 11.4 Å². The summed E-state index contributed by atoms with van der Waals surface area (Å²) in [7, 11) is 0. The van der Waals surface area contributed by atoms with Gasteiger partial charge in [-0.25, -0.2) is 0 Å². The van der Waals surface area contributed by atoms with Gasteiger partial charge in [0.2, 0.25) is 0 Å². The lowest BCUT2D eigenvalue weighted by Gasteiger charge is -2.40. The van der Waals surface area contributed by atoms with Crippen molar-refractivity contribution in [3.63, 3.8) is 0 Å². The lowest BCUT2D eigenvalue weighted by Crippen LogP contribution is -2.60. The molecule has 0 N–H and O–H groups in total. The SMILES string of the molecule is c1cc(-c2cccc(N3c4ccccc4B4c5c3cccc5-n3c5ccccc5c5cccc4c53)c2)cc(N2c3ccccc3Sc3ccccc32)c1. The Morgan fingerprint density at radius 3 is 1.68 bits per heavy atom. The van der Waals surface area contributed by atoms with Gasteiger partial charge in [-0.05, 0) is 100 Å². The number of benzene rings is 8. The molecule has 0 aliphatic carbocycles. The third kappa shape index (κ3) is 4.08. The number of anilines is 6. The Balaban J connectivity index is 1.03. The molecule has 0 saturated heterocycles. The largest absolute Gasteiger partial charge is 0.311 e. The Morgan fingerprint density at radius 2 is 0.925 bits per heavy atom. The zero-order chi connectivity index (χ0) is 34.6. The van der Waals surface area contributed by atoms with Crippen LogP contribution in [0.25, 0.3) is 38.6 Å². The van der Waals surface area contributed by atoms with Crippen molar-refractivity contribution in [2.45, 2.75) is 9.79 Å². The van der Waals surface area contributed by atoms with Crippen molar-refractivity contribution in [2.24, 2.45) is 0 Å². The van der Waals surface area contributed by atoms with Crippen LogP contribution in [0.4, 0.5) is 34.1 Å². The fourth-order valence-corrected chi connectivity index (χ4v) is 10.3. The van der Waals surface area contributed by atoms with Crippen molar-refractivity contribution in [3.8, 4) is 16.8 Å². The summed E-state index contributed by atoms with van der Waals surface area (Å²) in [6.45, 7) is 0.141. The van der Waals surface area contributed by atoms with Crippen LogP contribution in [0.2, 0.25) is 0 Å². The van der Waals surface area contributed by atoms with Crippen molar-refractivity contribution in [1.29, 1.82) is 0 Å². The van der Waals surface area contributed by atoms with E-state index in [1.54, 1.807) is 0 Å². The van der Waals surface area contributed by atoms with Crippen LogP contribution in [0.3, 0.4) is 0 Å². The minimum Gasteiger partial charge on any atom is -0.311 e. The highest BCUT2D eigenvalue weighted by atomic mass is 32.2. The van der Waals surface area contributed by atoms with Gasteiger partial charge in [0.05, 0.1) is 16.9 Å². The topological polar surface area (TPSA) is 11.4 Å². The second kappa shape index (κ2) is 11.0. The molecule has 0 spiro atoms. The van der Waals surface area contributed by atoms with Gasteiger partial charge in [-0.15, -0.1) is 0 Å². The minimum absolute atomic E-state index is 0.141. The predicted octanol–water partition coefficient (Wildman–Crippen LogP) is 11.0. The molecule has 4 heterocycles. The lowest BCUT2D eigenvalue weighted by atomic mass is 9.34. The number of nitrogens with zero attached hydrogens (tertiary/aromatic N) is 3. The van der Waals surface area contributed by atoms with Crippen molar-refractivity contribution in [2.75, 3.05) is 9.80 Å². The Bertz CT molecular complexity index is 2940. The Hall–Kier alpha value is -6.43. The summed E-state index contributed by atoms with van der Waals surface area (Å²) in [5.41, 5.74) is 17.5. The molecular weight excluding hydrogens is 661 g/mol. The standard InChI is InChI=1S/C48H30BN3S/c1-3-21-39-35(17-1)36-18-11-20-38-48(36)52(39)44-26-12-25-43-47(44)49(38)37-19-2-4-22-40(37)50(43)33-15-9-13-31(29-33)32-14-10-16-34(30-32)51-41-23-5-7-27-45(41)53-46-28-8-6-24-42(46)51/h1-30H. The monoisotopic (exact) mass is 691 g/mol. The van der Waals surface area contributed by atoms with Crippen LogP contribution in [0.1, 0.15) is 0 Å². The molecule has 3 aliphatic heterocycles. The highest BCUT2D eigenvalue weighted by Gasteiger charge is 2.41. The molecule has 0 saturated carbocycles. The van der Waals surface area contributed by atoms with E-state index in [1.807, 2.05) is 11.8 Å². The van der Waals surface area contributed by atoms with Crippen LogP contribution >= 0.6 is 11.8 Å². The van der Waals surface area contributed by atoms with Gasteiger partial charge in [0.15, 0.2) is 0 Å². The van der Waals surface area contributed by atoms with Crippen molar-refractivity contribution < 1.29 is 0 Å². The van der Waals surface area contributed by atoms with E-state index in [4.69, 9.17) is 0 Å². The molecule has 0 fully saturated rings. The van der Waals surface area contributed by atoms with E-state index in [0.29, 0.717) is 0 Å². The number of hydrogen-bond acceptors (Lipinski definition) is 3. The zero-order valence-electron chi connectivity index (χ0n) is 28.6. The normalized spacial score (nSPS) is 13.5. The number of para-hydroxylation sites is 5. The highest BCUT2D eigenvalue weighted by Crippen LogP contribution is 2.51. The first-order valence-electron chi connectivity index (χ1n) is 18.2. The third-order valence-corrected chi connectivity index (χ3v) is 12.5. The van der Waals surface area contributed by atoms with E-state index >= 15 is 0 Å². The fraction of sp³-hybridized carbons (Fsp3) is 0. The maximum Gasteiger partial charge on any atom is 0.252 e. The van der Waals surface area contributed by atoms with Gasteiger partial charge in [0.25, 0.3) is 6.71 Å². The summed E-state index contributed by atoms with van der Waals surface area (Å²) in [5.74, 6) is 0. The van der Waals surface area contributed by atoms with Crippen LogP contribution in [-0.4, -0.2) is 11.3 Å². The minimum atomic E-state index is 0.141. The second-order valence-electron chi connectivity index (χ2n) is 14.1. The molecular formula is C48H30BN3S. The Kier molecular flexibility index (Phi) is 6.08. The lowest BCUT2D eigenvalue weighted by molar-refractivity contribution is 1.17. The molecule has 1 aromatic heterocycles. The van der Waals surface area contributed by atoms with E-state index in [1.165, 1.54) is 87.5 Å². The second-order valence-corrected chi connectivity index (χ2v) is 15.2. The first kappa shape index (κ1) is 29.2. The molecule has 3 nitrogen and oxygen atoms in total. The molecule has 3 aliphatic rings. The van der Waals surface area contributed by atoms with Crippen molar-refractivity contribution >= 4 is 90.8 Å². The summed E-state index contributed by atoms with van der Waals surface area (Å²) in [6.07, 6.45) is 0. The average molecular weight is 692 g/mol. The van der Waals surface area contributed by atoms with Crippen molar-refractivity contribution in [3.05, 3.63) is 182 Å². The molecule has 246 valence electrons. The zero-order valence-corrected chi connectivity index (χ0v) is 29.5. The summed E-state index contributed by atoms with van der Waals surface area (Å²) in [6, 6.07) is 67.1. The van der Waals surface area contributed by atoms with E-state index in [-0.39, 0.29) is 6.71 Å². The number of hydrogen-bond donors (Lipinski definition) is 0. The number of aromatic nitrogens is 1. The Morgan fingerprint density at radius 1 is 0.396 bits per heavy atom. The molecule has 0 radical (unpaired) electrons. The smallest absolute Gasteiger partial charge is 0.252 e. The first-order valence-corrected chi connectivity index (χ1v) is 19.0. The van der Waals surface area contributed by atoms with Gasteiger partial charge in [-0.3, -0.25) is 0 Å². The van der Waals surface area contributed by atoms with Crippen LogP contribution in [-0.2, 0) is 0 Å². The maximum atomic E-state index is 2.51. The van der Waals surface area contributed by atoms with Crippen LogP contribution in [0.15, 0.2) is 192 Å². The summed E-state index contributed by atoms with van der Waals surface area (Å²) in [5, 5.41) is 2.62. The Labute approximate surface area is 312 Å². The van der Waals surface area contributed by atoms with Gasteiger partial charge < -0.3 is 14.4 Å².